The first kappa shape index (κ1) is 8.33. The summed E-state index contributed by atoms with van der Waals surface area (Å²) in [6.45, 7) is 2.22. The Hall–Kier alpha value is -0.770. The Balaban J connectivity index is 2.45. The van der Waals surface area contributed by atoms with Gasteiger partial charge in [-0.3, -0.25) is 0 Å². The summed E-state index contributed by atoms with van der Waals surface area (Å²) >= 11 is 0. The fourth-order valence-electron chi connectivity index (χ4n) is 1.46. The normalized spacial score (nSPS) is 34.9. The highest BCUT2D eigenvalue weighted by molar-refractivity contribution is 4.93. The predicted molar refractivity (Wildman–Crippen MR) is 45.9 cm³/mol. The van der Waals surface area contributed by atoms with E-state index in [1.807, 2.05) is 0 Å². The van der Waals surface area contributed by atoms with Crippen molar-refractivity contribution >= 4 is 0 Å². The van der Waals surface area contributed by atoms with Crippen LogP contribution in [0.2, 0.25) is 0 Å². The number of nitriles is 1. The third-order valence-electron chi connectivity index (χ3n) is 2.30. The molecule has 0 fully saturated rings. The van der Waals surface area contributed by atoms with E-state index in [0.29, 0.717) is 11.8 Å². The van der Waals surface area contributed by atoms with Gasteiger partial charge >= 0.3 is 0 Å². The highest BCUT2D eigenvalue weighted by atomic mass is 14.3. The van der Waals surface area contributed by atoms with Crippen molar-refractivity contribution < 1.29 is 0 Å². The Morgan fingerprint density at radius 3 is 2.91 bits per heavy atom. The number of hydrogen-bond acceptors (Lipinski definition) is 1. The fourth-order valence-corrected chi connectivity index (χ4v) is 1.46. The Morgan fingerprint density at radius 1 is 1.36 bits per heavy atom. The highest BCUT2D eigenvalue weighted by Crippen LogP contribution is 2.20. The second-order valence-electron chi connectivity index (χ2n) is 3.39. The average Bonchev–Trinajstić information content (AvgIpc) is 1.98. The smallest absolute Gasteiger partial charge is 0.0655 e. The van der Waals surface area contributed by atoms with Crippen LogP contribution in [-0.4, -0.2) is 0 Å². The van der Waals surface area contributed by atoms with Crippen LogP contribution in [0.4, 0.5) is 0 Å². The molecule has 0 radical (unpaired) electrons. The van der Waals surface area contributed by atoms with Gasteiger partial charge < -0.3 is 0 Å². The van der Waals surface area contributed by atoms with Gasteiger partial charge in [0.1, 0.15) is 0 Å². The molecule has 0 aromatic carbocycles. The Bertz CT molecular complexity index is 176. The molecule has 2 unspecified atom stereocenters. The number of rotatable bonds is 0. The van der Waals surface area contributed by atoms with Gasteiger partial charge in [0.05, 0.1) is 6.07 Å². The molecule has 2 atom stereocenters. The third-order valence-corrected chi connectivity index (χ3v) is 2.30. The molecule has 0 amide bonds. The van der Waals surface area contributed by atoms with Gasteiger partial charge in [0, 0.05) is 5.92 Å². The van der Waals surface area contributed by atoms with Crippen LogP contribution in [0.1, 0.15) is 32.6 Å². The fraction of sp³-hybridized carbons (Fsp3) is 0.700. The summed E-state index contributed by atoms with van der Waals surface area (Å²) in [7, 11) is 0. The minimum Gasteiger partial charge on any atom is -0.198 e. The summed E-state index contributed by atoms with van der Waals surface area (Å²) in [5.74, 6) is 0.980. The van der Waals surface area contributed by atoms with Crippen LogP contribution >= 0.6 is 0 Å². The minimum absolute atomic E-state index is 0.308. The maximum absolute atomic E-state index is 8.72. The average molecular weight is 149 g/mol. The Kier molecular flexibility index (Phi) is 3.16. The van der Waals surface area contributed by atoms with Crippen molar-refractivity contribution in [2.24, 2.45) is 11.8 Å². The van der Waals surface area contributed by atoms with Gasteiger partial charge in [0.15, 0.2) is 0 Å². The molecule has 0 saturated carbocycles. The quantitative estimate of drug-likeness (QED) is 0.486. The van der Waals surface area contributed by atoms with E-state index >= 15 is 0 Å². The van der Waals surface area contributed by atoms with E-state index in [4.69, 9.17) is 5.26 Å². The molecular weight excluding hydrogens is 134 g/mol. The van der Waals surface area contributed by atoms with Crippen molar-refractivity contribution in [1.29, 1.82) is 5.26 Å². The second-order valence-corrected chi connectivity index (χ2v) is 3.39. The largest absolute Gasteiger partial charge is 0.198 e. The molecule has 0 bridgehead atoms. The molecule has 0 heterocycles. The highest BCUT2D eigenvalue weighted by Gasteiger charge is 2.10. The Morgan fingerprint density at radius 2 is 2.18 bits per heavy atom. The molecule has 1 aliphatic rings. The van der Waals surface area contributed by atoms with Crippen LogP contribution in [0.25, 0.3) is 0 Å². The van der Waals surface area contributed by atoms with Crippen LogP contribution in [0.5, 0.6) is 0 Å². The van der Waals surface area contributed by atoms with Gasteiger partial charge in [-0.15, -0.1) is 0 Å². The monoisotopic (exact) mass is 149 g/mol. The second kappa shape index (κ2) is 4.18. The Labute approximate surface area is 68.7 Å². The molecule has 1 rings (SSSR count). The zero-order valence-corrected chi connectivity index (χ0v) is 7.09. The van der Waals surface area contributed by atoms with Crippen molar-refractivity contribution in [3.8, 4) is 6.07 Å². The number of nitrogens with zero attached hydrogens (tertiary/aromatic N) is 1. The van der Waals surface area contributed by atoms with Crippen LogP contribution in [-0.2, 0) is 0 Å². The first-order valence-electron chi connectivity index (χ1n) is 4.39. The predicted octanol–water partition coefficient (Wildman–Crippen LogP) is 2.89. The van der Waals surface area contributed by atoms with E-state index < -0.39 is 0 Å². The topological polar surface area (TPSA) is 23.8 Å². The summed E-state index contributed by atoms with van der Waals surface area (Å²) in [6, 6.07) is 2.36. The summed E-state index contributed by atoms with van der Waals surface area (Å²) < 4.78 is 0. The molecule has 1 nitrogen and oxygen atoms in total. The van der Waals surface area contributed by atoms with E-state index in [2.05, 4.69) is 25.1 Å². The molecule has 0 N–H and O–H groups in total. The number of hydrogen-bond donors (Lipinski definition) is 0. The molecule has 0 saturated heterocycles. The van der Waals surface area contributed by atoms with E-state index in [1.54, 1.807) is 0 Å². The lowest BCUT2D eigenvalue weighted by Gasteiger charge is -2.13. The van der Waals surface area contributed by atoms with E-state index in [9.17, 15) is 0 Å². The molecule has 0 aromatic rings. The molecule has 0 aliphatic heterocycles. The summed E-state index contributed by atoms with van der Waals surface area (Å²) in [5, 5.41) is 8.72. The maximum Gasteiger partial charge on any atom is 0.0655 e. The molecule has 0 aromatic heterocycles. The van der Waals surface area contributed by atoms with Crippen molar-refractivity contribution in [2.45, 2.75) is 32.6 Å². The standard InChI is InChI=1S/C10H15N/c1-9-4-2-3-5-10(8-11)7-6-9/h2,4,9-10H,3,5-7H2,1H3/b4-2-. The zero-order valence-electron chi connectivity index (χ0n) is 7.09. The van der Waals surface area contributed by atoms with E-state index in [1.165, 1.54) is 6.42 Å². The van der Waals surface area contributed by atoms with Crippen molar-refractivity contribution in [3.05, 3.63) is 12.2 Å². The van der Waals surface area contributed by atoms with Crippen molar-refractivity contribution in [2.75, 3.05) is 0 Å². The molecule has 0 spiro atoms. The lowest BCUT2D eigenvalue weighted by molar-refractivity contribution is 0.480. The summed E-state index contributed by atoms with van der Waals surface area (Å²) in [4.78, 5) is 0. The molecule has 1 aliphatic carbocycles. The van der Waals surface area contributed by atoms with Crippen LogP contribution in [0.3, 0.4) is 0 Å². The van der Waals surface area contributed by atoms with Crippen LogP contribution < -0.4 is 0 Å². The molecule has 11 heavy (non-hydrogen) atoms. The van der Waals surface area contributed by atoms with Gasteiger partial charge in [-0.2, -0.15) is 5.26 Å². The maximum atomic E-state index is 8.72. The van der Waals surface area contributed by atoms with Gasteiger partial charge in [0.2, 0.25) is 0 Å². The SMILES string of the molecule is CC1/C=C\CCC(C#N)CC1. The van der Waals surface area contributed by atoms with Gasteiger partial charge in [-0.25, -0.2) is 0 Å². The molecular formula is C10H15N. The van der Waals surface area contributed by atoms with Gasteiger partial charge in [-0.1, -0.05) is 19.1 Å². The van der Waals surface area contributed by atoms with Crippen molar-refractivity contribution in [3.63, 3.8) is 0 Å². The lowest BCUT2D eigenvalue weighted by Crippen LogP contribution is -2.02. The summed E-state index contributed by atoms with van der Waals surface area (Å²) in [6.07, 6.45) is 8.89. The van der Waals surface area contributed by atoms with E-state index in [-0.39, 0.29) is 0 Å². The molecule has 60 valence electrons. The van der Waals surface area contributed by atoms with Crippen molar-refractivity contribution in [1.82, 2.24) is 0 Å². The minimum atomic E-state index is 0.308. The van der Waals surface area contributed by atoms with Crippen LogP contribution in [0.15, 0.2) is 12.2 Å². The molecule has 1 heteroatoms. The zero-order chi connectivity index (χ0) is 8.10. The van der Waals surface area contributed by atoms with Gasteiger partial charge in [0.25, 0.3) is 0 Å². The first-order chi connectivity index (χ1) is 5.33. The third kappa shape index (κ3) is 2.76. The van der Waals surface area contributed by atoms with Crippen LogP contribution in [0, 0.1) is 23.2 Å². The van der Waals surface area contributed by atoms with E-state index in [0.717, 1.165) is 19.3 Å². The first-order valence-corrected chi connectivity index (χ1v) is 4.39. The number of allylic oxidation sites excluding steroid dienone is 2. The summed E-state index contributed by atoms with van der Waals surface area (Å²) in [5.41, 5.74) is 0. The van der Waals surface area contributed by atoms with Gasteiger partial charge in [-0.05, 0) is 31.6 Å². The lowest BCUT2D eigenvalue weighted by atomic mass is 9.91.